The number of nitrogens with one attached hydrogen (secondary N) is 1. The average Bonchev–Trinajstić information content (AvgIpc) is 2.36. The second kappa shape index (κ2) is 3.25. The predicted molar refractivity (Wildman–Crippen MR) is 41.4 cm³/mol. The van der Waals surface area contributed by atoms with E-state index in [0.717, 1.165) is 19.5 Å². The Labute approximate surface area is 65.2 Å². The molecular formula is C6H11NO2S. The minimum absolute atomic E-state index is 0.209. The maximum atomic E-state index is 10.4. The zero-order chi connectivity index (χ0) is 7.56. The predicted octanol–water partition coefficient (Wildman–Crippen LogP) is -0.0211. The van der Waals surface area contributed by atoms with Crippen molar-refractivity contribution >= 4 is 18.6 Å². The second-order valence-electron chi connectivity index (χ2n) is 2.54. The van der Waals surface area contributed by atoms with E-state index in [-0.39, 0.29) is 5.92 Å². The van der Waals surface area contributed by atoms with E-state index in [0.29, 0.717) is 0 Å². The van der Waals surface area contributed by atoms with E-state index < -0.39 is 11.2 Å². The summed E-state index contributed by atoms with van der Waals surface area (Å²) in [6.07, 6.45) is 0.931. The fourth-order valence-corrected chi connectivity index (χ4v) is 1.40. The molecule has 1 heterocycles. The van der Waals surface area contributed by atoms with Crippen molar-refractivity contribution in [1.82, 2.24) is 5.32 Å². The summed E-state index contributed by atoms with van der Waals surface area (Å²) in [5.74, 6) is -0.599. The molecule has 0 aromatic rings. The lowest BCUT2D eigenvalue weighted by atomic mass is 10.1. The molecule has 10 heavy (non-hydrogen) atoms. The molecule has 58 valence electrons. The zero-order valence-corrected chi connectivity index (χ0v) is 6.47. The number of carbonyl (C=O) groups is 1. The molecule has 2 atom stereocenters. The van der Waals surface area contributed by atoms with Crippen LogP contribution in [0.25, 0.3) is 0 Å². The molecule has 0 aromatic carbocycles. The summed E-state index contributed by atoms with van der Waals surface area (Å²) in [7, 11) is 0. The van der Waals surface area contributed by atoms with Gasteiger partial charge in [-0.05, 0) is 25.4 Å². The molecule has 1 aliphatic rings. The largest absolute Gasteiger partial charge is 0.480 e. The lowest BCUT2D eigenvalue weighted by Gasteiger charge is -2.11. The first-order valence-corrected chi connectivity index (χ1v) is 3.85. The maximum absolute atomic E-state index is 10.4. The van der Waals surface area contributed by atoms with E-state index in [2.05, 4.69) is 17.9 Å². The van der Waals surface area contributed by atoms with Crippen molar-refractivity contribution in [3.63, 3.8) is 0 Å². The number of aliphatic carboxylic acids is 1. The number of hydrogen-bond acceptors (Lipinski definition) is 3. The summed E-state index contributed by atoms with van der Waals surface area (Å²) in [4.78, 5) is 10.4. The number of hydrogen-bond donors (Lipinski definition) is 3. The Bertz CT molecular complexity index is 134. The first kappa shape index (κ1) is 7.88. The van der Waals surface area contributed by atoms with Crippen molar-refractivity contribution < 1.29 is 9.90 Å². The van der Waals surface area contributed by atoms with Crippen molar-refractivity contribution in [3.8, 4) is 0 Å². The molecule has 0 spiro atoms. The molecule has 0 saturated carbocycles. The highest BCUT2D eigenvalue weighted by Gasteiger charge is 2.26. The van der Waals surface area contributed by atoms with Crippen LogP contribution in [0.1, 0.15) is 6.42 Å². The van der Waals surface area contributed by atoms with Crippen LogP contribution in [0.4, 0.5) is 0 Å². The Morgan fingerprint density at radius 3 is 2.90 bits per heavy atom. The molecule has 3 nitrogen and oxygen atoms in total. The standard InChI is InChI=1S/C6H11NO2S/c8-6(9)5(10)4-1-2-7-3-4/h4-5,7,10H,1-3H2,(H,8,9)/t4-,5?/m0/s1. The fourth-order valence-electron chi connectivity index (χ4n) is 1.15. The molecule has 0 aromatic heterocycles. The smallest absolute Gasteiger partial charge is 0.316 e. The van der Waals surface area contributed by atoms with E-state index in [1.54, 1.807) is 0 Å². The lowest BCUT2D eigenvalue weighted by molar-refractivity contribution is -0.137. The summed E-state index contributed by atoms with van der Waals surface area (Å²) >= 11 is 3.98. The third-order valence-corrected chi connectivity index (χ3v) is 2.44. The third-order valence-electron chi connectivity index (χ3n) is 1.80. The van der Waals surface area contributed by atoms with Crippen LogP contribution in [-0.2, 0) is 4.79 Å². The zero-order valence-electron chi connectivity index (χ0n) is 5.58. The van der Waals surface area contributed by atoms with Crippen LogP contribution in [0.5, 0.6) is 0 Å². The van der Waals surface area contributed by atoms with Gasteiger partial charge in [-0.25, -0.2) is 0 Å². The van der Waals surface area contributed by atoms with Gasteiger partial charge in [0.25, 0.3) is 0 Å². The minimum Gasteiger partial charge on any atom is -0.480 e. The molecule has 4 heteroatoms. The fraction of sp³-hybridized carbons (Fsp3) is 0.833. The molecule has 1 fully saturated rings. The molecule has 1 saturated heterocycles. The van der Waals surface area contributed by atoms with Crippen LogP contribution in [0.3, 0.4) is 0 Å². The van der Waals surface area contributed by atoms with Crippen LogP contribution >= 0.6 is 12.6 Å². The van der Waals surface area contributed by atoms with E-state index in [1.807, 2.05) is 0 Å². The number of thiol groups is 1. The van der Waals surface area contributed by atoms with Gasteiger partial charge in [-0.3, -0.25) is 4.79 Å². The average molecular weight is 161 g/mol. The Morgan fingerprint density at radius 2 is 2.50 bits per heavy atom. The summed E-state index contributed by atoms with van der Waals surface area (Å²) in [6, 6.07) is 0. The Morgan fingerprint density at radius 1 is 1.80 bits per heavy atom. The normalized spacial score (nSPS) is 28.3. The third kappa shape index (κ3) is 1.64. The van der Waals surface area contributed by atoms with Gasteiger partial charge < -0.3 is 10.4 Å². The van der Waals surface area contributed by atoms with Crippen LogP contribution in [0.2, 0.25) is 0 Å². The van der Waals surface area contributed by atoms with Crippen LogP contribution in [0.15, 0.2) is 0 Å². The number of carboxylic acid groups (broad SMARTS) is 1. The highest BCUT2D eigenvalue weighted by Crippen LogP contribution is 2.17. The van der Waals surface area contributed by atoms with Crippen LogP contribution < -0.4 is 5.32 Å². The molecule has 1 unspecified atom stereocenters. The number of rotatable bonds is 2. The first-order valence-electron chi connectivity index (χ1n) is 3.33. The Hall–Kier alpha value is -0.220. The molecule has 1 rings (SSSR count). The van der Waals surface area contributed by atoms with Gasteiger partial charge in [-0.2, -0.15) is 12.6 Å². The van der Waals surface area contributed by atoms with Crippen molar-refractivity contribution in [3.05, 3.63) is 0 Å². The summed E-state index contributed by atoms with van der Waals surface area (Å²) in [6.45, 7) is 1.72. The topological polar surface area (TPSA) is 49.3 Å². The van der Waals surface area contributed by atoms with Gasteiger partial charge in [0.15, 0.2) is 0 Å². The summed E-state index contributed by atoms with van der Waals surface area (Å²) in [5, 5.41) is 11.1. The van der Waals surface area contributed by atoms with Crippen LogP contribution in [-0.4, -0.2) is 29.4 Å². The Balaban J connectivity index is 2.39. The highest BCUT2D eigenvalue weighted by atomic mass is 32.1. The molecule has 0 aliphatic carbocycles. The second-order valence-corrected chi connectivity index (χ2v) is 3.09. The molecule has 0 bridgehead atoms. The van der Waals surface area contributed by atoms with Gasteiger partial charge in [0.2, 0.25) is 0 Å². The van der Waals surface area contributed by atoms with Crippen LogP contribution in [0, 0.1) is 5.92 Å². The SMILES string of the molecule is O=C(O)C(S)[C@H]1CCNC1. The van der Waals surface area contributed by atoms with E-state index in [1.165, 1.54) is 0 Å². The van der Waals surface area contributed by atoms with Crippen molar-refractivity contribution in [2.24, 2.45) is 5.92 Å². The lowest BCUT2D eigenvalue weighted by Crippen LogP contribution is -2.25. The molecule has 2 N–H and O–H groups in total. The monoisotopic (exact) mass is 161 g/mol. The molecular weight excluding hydrogens is 150 g/mol. The quantitative estimate of drug-likeness (QED) is 0.499. The van der Waals surface area contributed by atoms with E-state index in [9.17, 15) is 4.79 Å². The van der Waals surface area contributed by atoms with Crippen molar-refractivity contribution in [2.75, 3.05) is 13.1 Å². The molecule has 0 amide bonds. The van der Waals surface area contributed by atoms with Gasteiger partial charge >= 0.3 is 5.97 Å². The van der Waals surface area contributed by atoms with E-state index >= 15 is 0 Å². The summed E-state index contributed by atoms with van der Waals surface area (Å²) in [5.41, 5.74) is 0. The molecule has 1 aliphatic heterocycles. The highest BCUT2D eigenvalue weighted by molar-refractivity contribution is 7.81. The summed E-state index contributed by atoms with van der Waals surface area (Å²) < 4.78 is 0. The Kier molecular flexibility index (Phi) is 2.56. The van der Waals surface area contributed by atoms with Crippen molar-refractivity contribution in [1.29, 1.82) is 0 Å². The van der Waals surface area contributed by atoms with Gasteiger partial charge in [-0.1, -0.05) is 0 Å². The maximum Gasteiger partial charge on any atom is 0.316 e. The van der Waals surface area contributed by atoms with Crippen molar-refractivity contribution in [2.45, 2.75) is 11.7 Å². The van der Waals surface area contributed by atoms with Gasteiger partial charge in [0.1, 0.15) is 5.25 Å². The first-order chi connectivity index (χ1) is 4.72. The van der Waals surface area contributed by atoms with Gasteiger partial charge in [0.05, 0.1) is 0 Å². The molecule has 0 radical (unpaired) electrons. The minimum atomic E-state index is -0.808. The van der Waals surface area contributed by atoms with E-state index in [4.69, 9.17) is 5.11 Å². The number of carboxylic acids is 1. The van der Waals surface area contributed by atoms with Gasteiger partial charge in [0, 0.05) is 0 Å². The van der Waals surface area contributed by atoms with Gasteiger partial charge in [-0.15, -0.1) is 0 Å².